The highest BCUT2D eigenvalue weighted by atomic mass is 19.1. The van der Waals surface area contributed by atoms with E-state index in [0.29, 0.717) is 31.5 Å². The maximum atomic E-state index is 12.9. The molecule has 0 spiro atoms. The van der Waals surface area contributed by atoms with Gasteiger partial charge in [-0.2, -0.15) is 0 Å². The number of amides is 1. The molecule has 1 saturated carbocycles. The Bertz CT molecular complexity index is 379. The lowest BCUT2D eigenvalue weighted by molar-refractivity contribution is 0.0926. The highest BCUT2D eigenvalue weighted by Gasteiger charge is 2.26. The van der Waals surface area contributed by atoms with Crippen molar-refractivity contribution < 1.29 is 9.18 Å². The van der Waals surface area contributed by atoms with E-state index in [0.717, 1.165) is 0 Å². The number of nitrogens with zero attached hydrogens (tertiary/aromatic N) is 3. The molecule has 1 amide bonds. The smallest absolute Gasteiger partial charge is 0.271 e. The molecule has 0 bridgehead atoms. The third-order valence-corrected chi connectivity index (χ3v) is 2.85. The predicted molar refractivity (Wildman–Crippen MR) is 55.7 cm³/mol. The third-order valence-electron chi connectivity index (χ3n) is 2.85. The van der Waals surface area contributed by atoms with E-state index in [1.165, 1.54) is 10.9 Å². The molecule has 1 aliphatic rings. The van der Waals surface area contributed by atoms with Gasteiger partial charge in [0.25, 0.3) is 5.91 Å². The molecular formula is C10H15FN4O. The second-order valence-corrected chi connectivity index (χ2v) is 4.02. The van der Waals surface area contributed by atoms with E-state index in [1.54, 1.807) is 0 Å². The standard InChI is InChI=1S/C10H15FN4O/c1-2-15-9(6-12-14-15)10(16)13-8-4-3-7(11)5-8/h6-8H,2-5H2,1H3,(H,13,16). The average Bonchev–Trinajstić information content (AvgIpc) is 2.86. The summed E-state index contributed by atoms with van der Waals surface area (Å²) in [5.41, 5.74) is 0.435. The Labute approximate surface area is 93.0 Å². The first kappa shape index (κ1) is 11.0. The number of rotatable bonds is 3. The zero-order chi connectivity index (χ0) is 11.5. The minimum atomic E-state index is -0.778. The van der Waals surface area contributed by atoms with Gasteiger partial charge in [-0.15, -0.1) is 5.10 Å². The zero-order valence-corrected chi connectivity index (χ0v) is 9.19. The minimum Gasteiger partial charge on any atom is -0.348 e. The van der Waals surface area contributed by atoms with E-state index in [-0.39, 0.29) is 11.9 Å². The zero-order valence-electron chi connectivity index (χ0n) is 9.19. The van der Waals surface area contributed by atoms with Gasteiger partial charge in [-0.1, -0.05) is 5.21 Å². The number of carbonyl (C=O) groups excluding carboxylic acids is 1. The fraction of sp³-hybridized carbons (Fsp3) is 0.700. The lowest BCUT2D eigenvalue weighted by Gasteiger charge is -2.11. The Balaban J connectivity index is 1.98. The van der Waals surface area contributed by atoms with Crippen LogP contribution in [0.1, 0.15) is 36.7 Å². The van der Waals surface area contributed by atoms with Crippen molar-refractivity contribution in [3.05, 3.63) is 11.9 Å². The summed E-state index contributed by atoms with van der Waals surface area (Å²) >= 11 is 0. The van der Waals surface area contributed by atoms with Crippen molar-refractivity contribution in [1.82, 2.24) is 20.3 Å². The fourth-order valence-corrected chi connectivity index (χ4v) is 1.98. The molecule has 2 rings (SSSR count). The van der Waals surface area contributed by atoms with Crippen LogP contribution in [0, 0.1) is 0 Å². The highest BCUT2D eigenvalue weighted by Crippen LogP contribution is 2.21. The molecule has 5 nitrogen and oxygen atoms in total. The summed E-state index contributed by atoms with van der Waals surface area (Å²) in [5, 5.41) is 10.3. The topological polar surface area (TPSA) is 59.8 Å². The number of alkyl halides is 1. The normalized spacial score (nSPS) is 24.6. The van der Waals surface area contributed by atoms with Crippen LogP contribution in [-0.2, 0) is 6.54 Å². The van der Waals surface area contributed by atoms with Crippen molar-refractivity contribution in [2.75, 3.05) is 0 Å². The van der Waals surface area contributed by atoms with Gasteiger partial charge >= 0.3 is 0 Å². The van der Waals surface area contributed by atoms with Gasteiger partial charge in [-0.3, -0.25) is 4.79 Å². The Kier molecular flexibility index (Phi) is 3.17. The van der Waals surface area contributed by atoms with Crippen molar-refractivity contribution >= 4 is 5.91 Å². The first-order valence-corrected chi connectivity index (χ1v) is 5.54. The molecule has 0 aliphatic heterocycles. The summed E-state index contributed by atoms with van der Waals surface area (Å²) in [6, 6.07) is -0.0530. The Morgan fingerprint density at radius 1 is 1.69 bits per heavy atom. The van der Waals surface area contributed by atoms with E-state index in [9.17, 15) is 9.18 Å². The summed E-state index contributed by atoms with van der Waals surface area (Å²) < 4.78 is 14.5. The van der Waals surface area contributed by atoms with Crippen LogP contribution in [0.2, 0.25) is 0 Å². The van der Waals surface area contributed by atoms with Crippen LogP contribution in [0.4, 0.5) is 4.39 Å². The van der Waals surface area contributed by atoms with Crippen LogP contribution in [0.15, 0.2) is 6.20 Å². The van der Waals surface area contributed by atoms with Crippen LogP contribution in [0.5, 0.6) is 0 Å². The molecule has 1 heterocycles. The van der Waals surface area contributed by atoms with E-state index in [1.807, 2.05) is 6.92 Å². The highest BCUT2D eigenvalue weighted by molar-refractivity contribution is 5.92. The van der Waals surface area contributed by atoms with Gasteiger partial charge in [0.2, 0.25) is 0 Å². The van der Waals surface area contributed by atoms with Crippen LogP contribution < -0.4 is 5.32 Å². The molecule has 6 heteroatoms. The maximum Gasteiger partial charge on any atom is 0.271 e. The van der Waals surface area contributed by atoms with E-state index < -0.39 is 6.17 Å². The summed E-state index contributed by atoms with van der Waals surface area (Å²) in [6.45, 7) is 2.48. The number of hydrogen-bond acceptors (Lipinski definition) is 3. The molecule has 2 atom stereocenters. The molecule has 2 unspecified atom stereocenters. The average molecular weight is 226 g/mol. The van der Waals surface area contributed by atoms with Crippen molar-refractivity contribution in [1.29, 1.82) is 0 Å². The lowest BCUT2D eigenvalue weighted by atomic mass is 10.2. The Morgan fingerprint density at radius 2 is 2.50 bits per heavy atom. The van der Waals surface area contributed by atoms with Crippen LogP contribution in [-0.4, -0.2) is 33.1 Å². The number of aryl methyl sites for hydroxylation is 1. The van der Waals surface area contributed by atoms with Crippen molar-refractivity contribution in [2.24, 2.45) is 0 Å². The number of carbonyl (C=O) groups is 1. The number of hydrogen-bond donors (Lipinski definition) is 1. The van der Waals surface area contributed by atoms with Crippen LogP contribution in [0.3, 0.4) is 0 Å². The number of halogens is 1. The quantitative estimate of drug-likeness (QED) is 0.833. The molecule has 1 fully saturated rings. The Hall–Kier alpha value is -1.46. The lowest BCUT2D eigenvalue weighted by Crippen LogP contribution is -2.34. The molecule has 88 valence electrons. The van der Waals surface area contributed by atoms with Gasteiger partial charge in [0, 0.05) is 12.6 Å². The number of nitrogens with one attached hydrogen (secondary N) is 1. The van der Waals surface area contributed by atoms with Crippen molar-refractivity contribution in [3.8, 4) is 0 Å². The van der Waals surface area contributed by atoms with Crippen LogP contribution >= 0.6 is 0 Å². The maximum absolute atomic E-state index is 12.9. The van der Waals surface area contributed by atoms with E-state index in [2.05, 4.69) is 15.6 Å². The second-order valence-electron chi connectivity index (χ2n) is 4.02. The molecule has 1 aliphatic carbocycles. The largest absolute Gasteiger partial charge is 0.348 e. The molecule has 1 N–H and O–H groups in total. The third kappa shape index (κ3) is 2.20. The summed E-state index contributed by atoms with van der Waals surface area (Å²) in [6.07, 6.45) is 2.32. The first-order valence-electron chi connectivity index (χ1n) is 5.54. The minimum absolute atomic E-state index is 0.0530. The molecular weight excluding hydrogens is 211 g/mol. The van der Waals surface area contributed by atoms with Gasteiger partial charge in [-0.05, 0) is 26.2 Å². The Morgan fingerprint density at radius 3 is 3.12 bits per heavy atom. The van der Waals surface area contributed by atoms with Gasteiger partial charge in [0.1, 0.15) is 11.9 Å². The van der Waals surface area contributed by atoms with E-state index >= 15 is 0 Å². The molecule has 1 aromatic rings. The summed E-state index contributed by atoms with van der Waals surface area (Å²) in [5.74, 6) is -0.217. The van der Waals surface area contributed by atoms with Gasteiger partial charge in [0.05, 0.1) is 6.20 Å². The first-order chi connectivity index (χ1) is 7.70. The summed E-state index contributed by atoms with van der Waals surface area (Å²) in [7, 11) is 0. The fourth-order valence-electron chi connectivity index (χ4n) is 1.98. The van der Waals surface area contributed by atoms with Gasteiger partial charge < -0.3 is 5.32 Å². The van der Waals surface area contributed by atoms with Crippen molar-refractivity contribution in [3.63, 3.8) is 0 Å². The monoisotopic (exact) mass is 226 g/mol. The van der Waals surface area contributed by atoms with Gasteiger partial charge in [-0.25, -0.2) is 9.07 Å². The summed E-state index contributed by atoms with van der Waals surface area (Å²) in [4.78, 5) is 11.8. The van der Waals surface area contributed by atoms with Crippen molar-refractivity contribution in [2.45, 2.75) is 44.9 Å². The SMILES string of the molecule is CCn1nncc1C(=O)NC1CCC(F)C1. The van der Waals surface area contributed by atoms with Crippen LogP contribution in [0.25, 0.3) is 0 Å². The van der Waals surface area contributed by atoms with Gasteiger partial charge in [0.15, 0.2) is 0 Å². The molecule has 16 heavy (non-hydrogen) atoms. The molecule has 0 saturated heterocycles. The van der Waals surface area contributed by atoms with E-state index in [4.69, 9.17) is 0 Å². The second kappa shape index (κ2) is 4.59. The molecule has 0 aromatic carbocycles. The molecule has 1 aromatic heterocycles. The molecule has 0 radical (unpaired) electrons. The number of aromatic nitrogens is 3. The predicted octanol–water partition coefficient (Wildman–Crippen LogP) is 0.918.